The van der Waals surface area contributed by atoms with Gasteiger partial charge in [0.15, 0.2) is 9.84 Å². The van der Waals surface area contributed by atoms with Gasteiger partial charge in [0.05, 0.1) is 10.6 Å². The third-order valence-corrected chi connectivity index (χ3v) is 8.73. The largest absolute Gasteiger partial charge is 0.356 e. The van der Waals surface area contributed by atoms with Crippen LogP contribution in [0.1, 0.15) is 69.9 Å². The lowest BCUT2D eigenvalue weighted by Gasteiger charge is -2.23. The maximum Gasteiger partial charge on any atom is 0.222 e. The Morgan fingerprint density at radius 2 is 1.54 bits per heavy atom. The molecule has 2 N–H and O–H groups in total. The molecule has 0 radical (unpaired) electrons. The summed E-state index contributed by atoms with van der Waals surface area (Å²) in [4.78, 5) is 25.3. The van der Waals surface area contributed by atoms with E-state index in [1.165, 1.54) is 5.56 Å². The minimum Gasteiger partial charge on any atom is -0.356 e. The molecule has 2 aromatic rings. The van der Waals surface area contributed by atoms with Crippen LogP contribution in [0, 0.1) is 18.8 Å². The van der Waals surface area contributed by atoms with Gasteiger partial charge in [-0.25, -0.2) is 8.42 Å². The summed E-state index contributed by atoms with van der Waals surface area (Å²) in [5.41, 5.74) is 2.28. The summed E-state index contributed by atoms with van der Waals surface area (Å²) in [5, 5.41) is 6.17. The van der Waals surface area contributed by atoms with E-state index < -0.39 is 9.84 Å². The summed E-state index contributed by atoms with van der Waals surface area (Å²) in [6, 6.07) is 17.2. The van der Waals surface area contributed by atoms with Crippen LogP contribution >= 0.6 is 0 Å². The van der Waals surface area contributed by atoms with Crippen molar-refractivity contribution in [2.24, 2.45) is 11.8 Å². The molecule has 0 heterocycles. The van der Waals surface area contributed by atoms with Crippen molar-refractivity contribution < 1.29 is 18.0 Å². The molecule has 0 fully saturated rings. The lowest BCUT2D eigenvalue weighted by molar-refractivity contribution is -0.126. The Labute approximate surface area is 223 Å². The molecule has 204 valence electrons. The van der Waals surface area contributed by atoms with Gasteiger partial charge in [-0.05, 0) is 76.1 Å². The highest BCUT2D eigenvalue weighted by molar-refractivity contribution is 7.91. The molecule has 0 spiro atoms. The first-order valence-electron chi connectivity index (χ1n) is 13.5. The van der Waals surface area contributed by atoms with E-state index in [1.807, 2.05) is 44.2 Å². The maximum absolute atomic E-state index is 12.6. The average molecular weight is 529 g/mol. The van der Waals surface area contributed by atoms with Gasteiger partial charge >= 0.3 is 0 Å². The fraction of sp³-hybridized carbons (Fsp3) is 0.533. The normalized spacial score (nSPS) is 14.1. The van der Waals surface area contributed by atoms with E-state index in [0.29, 0.717) is 36.9 Å². The summed E-state index contributed by atoms with van der Waals surface area (Å²) in [6.45, 7) is 9.25. The molecule has 3 atom stereocenters. The Balaban J connectivity index is 1.65. The third-order valence-electron chi connectivity index (χ3n) is 7.00. The van der Waals surface area contributed by atoms with E-state index in [0.717, 1.165) is 31.2 Å². The summed E-state index contributed by atoms with van der Waals surface area (Å²) < 4.78 is 24.8. The Bertz CT molecular complexity index is 1070. The molecule has 0 aromatic heterocycles. The number of carbonyl (C=O) groups excluding carboxylic acids is 2. The third kappa shape index (κ3) is 10.8. The van der Waals surface area contributed by atoms with Crippen LogP contribution in [-0.2, 0) is 19.4 Å². The van der Waals surface area contributed by atoms with Gasteiger partial charge in [-0.15, -0.1) is 0 Å². The van der Waals surface area contributed by atoms with Gasteiger partial charge in [-0.1, -0.05) is 61.9 Å². The lowest BCUT2D eigenvalue weighted by atomic mass is 9.81. The zero-order valence-electron chi connectivity index (χ0n) is 22.8. The SMILES string of the molecule is CCC(CC(CC(C)C(=O)NCCCCNCCS(=O)(=O)c1ccc(C)cc1)C(C)=O)c1ccccc1. The first kappa shape index (κ1) is 30.7. The number of benzene rings is 2. The molecule has 2 rings (SSSR count). The fourth-order valence-corrected chi connectivity index (χ4v) is 5.72. The minimum atomic E-state index is -3.28. The van der Waals surface area contributed by atoms with Gasteiger partial charge < -0.3 is 10.6 Å². The molecule has 37 heavy (non-hydrogen) atoms. The molecule has 7 heteroatoms. The molecule has 1 amide bonds. The highest BCUT2D eigenvalue weighted by atomic mass is 32.2. The minimum absolute atomic E-state index is 0.0174. The van der Waals surface area contributed by atoms with Crippen molar-refractivity contribution >= 4 is 21.5 Å². The van der Waals surface area contributed by atoms with Crippen LogP contribution in [0.4, 0.5) is 0 Å². The quantitative estimate of drug-likeness (QED) is 0.280. The summed E-state index contributed by atoms with van der Waals surface area (Å²) in [7, 11) is -3.28. The van der Waals surface area contributed by atoms with E-state index in [1.54, 1.807) is 19.1 Å². The summed E-state index contributed by atoms with van der Waals surface area (Å²) in [5.74, 6) is 0.133. The van der Waals surface area contributed by atoms with Crippen molar-refractivity contribution in [2.45, 2.75) is 70.6 Å². The Morgan fingerprint density at radius 1 is 0.892 bits per heavy atom. The van der Waals surface area contributed by atoms with Crippen LogP contribution in [-0.4, -0.2) is 45.5 Å². The van der Waals surface area contributed by atoms with Crippen LogP contribution in [0.15, 0.2) is 59.5 Å². The van der Waals surface area contributed by atoms with Crippen molar-refractivity contribution in [3.05, 3.63) is 65.7 Å². The standard InChI is InChI=1S/C30H44N2O4S/c1-5-26(27-11-7-6-8-12-27)22-28(25(4)33)21-24(3)30(34)32-18-10-9-17-31-19-20-37(35,36)29-15-13-23(2)14-16-29/h6-8,11-16,24,26,28,31H,5,9-10,17-22H2,1-4H3,(H,32,34). The molecule has 2 aromatic carbocycles. The van der Waals surface area contributed by atoms with E-state index >= 15 is 0 Å². The van der Waals surface area contributed by atoms with Crippen molar-refractivity contribution in [1.29, 1.82) is 0 Å². The Kier molecular flexibility index (Phi) is 13.0. The molecule has 6 nitrogen and oxygen atoms in total. The van der Waals surface area contributed by atoms with Crippen LogP contribution in [0.2, 0.25) is 0 Å². The second-order valence-corrected chi connectivity index (χ2v) is 12.2. The number of hydrogen-bond donors (Lipinski definition) is 2. The second-order valence-electron chi connectivity index (χ2n) is 10.1. The highest BCUT2D eigenvalue weighted by Gasteiger charge is 2.25. The summed E-state index contributed by atoms with van der Waals surface area (Å²) >= 11 is 0. The average Bonchev–Trinajstić information content (AvgIpc) is 2.88. The smallest absolute Gasteiger partial charge is 0.222 e. The zero-order valence-corrected chi connectivity index (χ0v) is 23.6. The predicted octanol–water partition coefficient (Wildman–Crippen LogP) is 5.07. The molecule has 0 saturated carbocycles. The Morgan fingerprint density at radius 3 is 2.16 bits per heavy atom. The van der Waals surface area contributed by atoms with Crippen LogP contribution in [0.25, 0.3) is 0 Å². The monoisotopic (exact) mass is 528 g/mol. The molecular formula is C30H44N2O4S. The van der Waals surface area contributed by atoms with Crippen molar-refractivity contribution in [3.8, 4) is 0 Å². The van der Waals surface area contributed by atoms with Crippen molar-refractivity contribution in [3.63, 3.8) is 0 Å². The topological polar surface area (TPSA) is 92.3 Å². The zero-order chi connectivity index (χ0) is 27.3. The van der Waals surface area contributed by atoms with Gasteiger partial charge in [-0.3, -0.25) is 9.59 Å². The number of aryl methyl sites for hydroxylation is 1. The first-order valence-corrected chi connectivity index (χ1v) is 15.1. The number of nitrogens with one attached hydrogen (secondary N) is 2. The number of ketones is 1. The van der Waals surface area contributed by atoms with Gasteiger partial charge in [0, 0.05) is 24.9 Å². The molecule has 0 saturated heterocycles. The number of amides is 1. The molecule has 3 unspecified atom stereocenters. The Hall–Kier alpha value is -2.51. The fourth-order valence-electron chi connectivity index (χ4n) is 4.52. The number of unbranched alkanes of at least 4 members (excludes halogenated alkanes) is 1. The van der Waals surface area contributed by atoms with Gasteiger partial charge in [0.2, 0.25) is 5.91 Å². The predicted molar refractivity (Wildman–Crippen MR) is 150 cm³/mol. The highest BCUT2D eigenvalue weighted by Crippen LogP contribution is 2.30. The molecular weight excluding hydrogens is 484 g/mol. The molecule has 0 aliphatic carbocycles. The number of hydrogen-bond acceptors (Lipinski definition) is 5. The molecule has 0 aliphatic heterocycles. The van der Waals surface area contributed by atoms with E-state index in [9.17, 15) is 18.0 Å². The van der Waals surface area contributed by atoms with E-state index in [-0.39, 0.29) is 29.3 Å². The number of rotatable bonds is 17. The van der Waals surface area contributed by atoms with E-state index in [4.69, 9.17) is 0 Å². The van der Waals surface area contributed by atoms with Crippen molar-refractivity contribution in [1.82, 2.24) is 10.6 Å². The van der Waals surface area contributed by atoms with Crippen molar-refractivity contribution in [2.75, 3.05) is 25.4 Å². The molecule has 0 aliphatic rings. The van der Waals surface area contributed by atoms with E-state index in [2.05, 4.69) is 29.7 Å². The first-order chi connectivity index (χ1) is 17.6. The van der Waals surface area contributed by atoms with Gasteiger partial charge in [0.1, 0.15) is 5.78 Å². The maximum atomic E-state index is 12.6. The van der Waals surface area contributed by atoms with Crippen LogP contribution in [0.5, 0.6) is 0 Å². The number of Topliss-reactive ketones (excluding diaryl/α,β-unsaturated/α-hetero) is 1. The number of carbonyl (C=O) groups is 2. The van der Waals surface area contributed by atoms with Gasteiger partial charge in [-0.2, -0.15) is 0 Å². The van der Waals surface area contributed by atoms with Crippen LogP contribution in [0.3, 0.4) is 0 Å². The molecule has 0 bridgehead atoms. The van der Waals surface area contributed by atoms with Gasteiger partial charge in [0.25, 0.3) is 0 Å². The number of sulfone groups is 1. The van der Waals surface area contributed by atoms with Crippen LogP contribution < -0.4 is 10.6 Å². The second kappa shape index (κ2) is 15.7. The lowest BCUT2D eigenvalue weighted by Crippen LogP contribution is -2.32. The summed E-state index contributed by atoms with van der Waals surface area (Å²) in [6.07, 6.45) is 3.92.